The number of nitrogens with zero attached hydrogens (tertiary/aromatic N) is 3. The number of carbonyl (C=O) groups excluding carboxylic acids is 3. The van der Waals surface area contributed by atoms with Crippen LogP contribution in [-0.2, 0) is 14.4 Å². The van der Waals surface area contributed by atoms with E-state index in [1.165, 1.54) is 0 Å². The first-order chi connectivity index (χ1) is 17.7. The molecule has 2 bridgehead atoms. The number of hydrogen-bond acceptors (Lipinski definition) is 5. The quantitative estimate of drug-likeness (QED) is 0.316. The van der Waals surface area contributed by atoms with Crippen molar-refractivity contribution >= 4 is 51.1 Å². The van der Waals surface area contributed by atoms with Gasteiger partial charge in [0.15, 0.2) is 0 Å². The van der Waals surface area contributed by atoms with Gasteiger partial charge in [0.1, 0.15) is 6.04 Å². The molecule has 3 fully saturated rings. The number of fused-ring (bicyclic) bond motifs is 1. The van der Waals surface area contributed by atoms with Crippen LogP contribution >= 0.6 is 27.7 Å². The monoisotopic (exact) mass is 589 g/mol. The summed E-state index contributed by atoms with van der Waals surface area (Å²) in [6.07, 6.45) is 4.40. The van der Waals surface area contributed by atoms with Crippen LogP contribution in [0.4, 0.5) is 5.69 Å². The van der Waals surface area contributed by atoms with Crippen LogP contribution in [0.5, 0.6) is 0 Å². The standard InChI is InChI=1S/C28H36BrN3O4S/c1-5-13-30(18(3)4)27(36)24-28-17-20(29)23(37-28)21(22(28)26(35)32(24)15-10-16-33)25(34)31(14-6-2)19-11-8-7-9-12-19/h5-9,11-12,18,20-24,33H,1-2,10,13-17H2,3-4H3/t20?,21-,22-,23-,24?,28?/m0/s1. The van der Waals surface area contributed by atoms with Crippen LogP contribution in [0.1, 0.15) is 26.7 Å². The predicted octanol–water partition coefficient (Wildman–Crippen LogP) is 3.48. The van der Waals surface area contributed by atoms with Crippen LogP contribution in [0.15, 0.2) is 55.6 Å². The molecule has 3 aliphatic heterocycles. The smallest absolute Gasteiger partial charge is 0.247 e. The normalized spacial score (nSPS) is 29.9. The summed E-state index contributed by atoms with van der Waals surface area (Å²) in [5.41, 5.74) is 0.757. The van der Waals surface area contributed by atoms with Gasteiger partial charge >= 0.3 is 0 Å². The van der Waals surface area contributed by atoms with E-state index in [9.17, 15) is 19.5 Å². The predicted molar refractivity (Wildman–Crippen MR) is 152 cm³/mol. The summed E-state index contributed by atoms with van der Waals surface area (Å²) in [6.45, 7) is 12.5. The van der Waals surface area contributed by atoms with Crippen molar-refractivity contribution in [1.82, 2.24) is 9.80 Å². The lowest BCUT2D eigenvalue weighted by Gasteiger charge is -2.39. The van der Waals surface area contributed by atoms with Crippen molar-refractivity contribution in [2.75, 3.05) is 31.1 Å². The molecule has 9 heteroatoms. The highest BCUT2D eigenvalue weighted by Crippen LogP contribution is 2.68. The van der Waals surface area contributed by atoms with Crippen LogP contribution in [-0.4, -0.2) is 85.8 Å². The summed E-state index contributed by atoms with van der Waals surface area (Å²) in [6, 6.07) is 8.67. The molecule has 1 aromatic rings. The number of amides is 3. The van der Waals surface area contributed by atoms with Crippen molar-refractivity contribution in [2.24, 2.45) is 11.8 Å². The Morgan fingerprint density at radius 2 is 1.89 bits per heavy atom. The summed E-state index contributed by atoms with van der Waals surface area (Å²) in [5.74, 6) is -1.57. The summed E-state index contributed by atoms with van der Waals surface area (Å²) >= 11 is 5.45. The molecule has 0 saturated carbocycles. The number of hydrogen-bond donors (Lipinski definition) is 1. The molecule has 37 heavy (non-hydrogen) atoms. The Labute approximate surface area is 232 Å². The van der Waals surface area contributed by atoms with Crippen molar-refractivity contribution in [2.45, 2.75) is 53.6 Å². The van der Waals surface area contributed by atoms with Gasteiger partial charge in [0.2, 0.25) is 17.7 Å². The maximum Gasteiger partial charge on any atom is 0.247 e. The molecular weight excluding hydrogens is 554 g/mol. The number of aliphatic hydroxyl groups excluding tert-OH is 1. The largest absolute Gasteiger partial charge is 0.396 e. The highest BCUT2D eigenvalue weighted by molar-refractivity contribution is 9.09. The van der Waals surface area contributed by atoms with E-state index in [0.717, 1.165) is 5.69 Å². The van der Waals surface area contributed by atoms with Gasteiger partial charge in [-0.2, -0.15) is 0 Å². The minimum absolute atomic E-state index is 0.00292. The maximum absolute atomic E-state index is 14.2. The Morgan fingerprint density at radius 3 is 2.49 bits per heavy atom. The Kier molecular flexibility index (Phi) is 8.55. The zero-order chi connectivity index (χ0) is 26.9. The van der Waals surface area contributed by atoms with Crippen molar-refractivity contribution < 1.29 is 19.5 Å². The van der Waals surface area contributed by atoms with Crippen molar-refractivity contribution in [3.05, 3.63) is 55.6 Å². The zero-order valence-electron chi connectivity index (χ0n) is 21.5. The van der Waals surface area contributed by atoms with Gasteiger partial charge in [0.05, 0.1) is 16.6 Å². The van der Waals surface area contributed by atoms with Crippen molar-refractivity contribution in [3.63, 3.8) is 0 Å². The lowest BCUT2D eigenvalue weighted by molar-refractivity contribution is -0.143. The van der Waals surface area contributed by atoms with Crippen LogP contribution in [0.25, 0.3) is 0 Å². The highest BCUT2D eigenvalue weighted by atomic mass is 79.9. The third-order valence-electron chi connectivity index (χ3n) is 7.74. The Hall–Kier alpha value is -2.10. The second-order valence-electron chi connectivity index (χ2n) is 10.2. The first-order valence-corrected chi connectivity index (χ1v) is 14.6. The van der Waals surface area contributed by atoms with Crippen LogP contribution in [0, 0.1) is 11.8 Å². The summed E-state index contributed by atoms with van der Waals surface area (Å²) < 4.78 is -0.715. The summed E-state index contributed by atoms with van der Waals surface area (Å²) in [4.78, 5) is 47.6. The highest BCUT2D eigenvalue weighted by Gasteiger charge is 2.76. The van der Waals surface area contributed by atoms with E-state index in [0.29, 0.717) is 25.9 Å². The second kappa shape index (κ2) is 11.3. The molecule has 3 heterocycles. The lowest BCUT2D eigenvalue weighted by atomic mass is 9.70. The number of benzene rings is 1. The van der Waals surface area contributed by atoms with E-state index in [4.69, 9.17) is 0 Å². The van der Waals surface area contributed by atoms with Gasteiger partial charge in [-0.1, -0.05) is 46.3 Å². The van der Waals surface area contributed by atoms with Crippen LogP contribution in [0.3, 0.4) is 0 Å². The average Bonchev–Trinajstić information content (AvgIpc) is 3.47. The molecular formula is C28H36BrN3O4S. The molecule has 0 aliphatic carbocycles. The average molecular weight is 591 g/mol. The summed E-state index contributed by atoms with van der Waals surface area (Å²) in [7, 11) is 0. The molecule has 3 saturated heterocycles. The molecule has 3 unspecified atom stereocenters. The molecule has 6 atom stereocenters. The number of rotatable bonds is 11. The van der Waals surface area contributed by atoms with Crippen LogP contribution < -0.4 is 4.90 Å². The Bertz CT molecular complexity index is 1050. The third-order valence-corrected chi connectivity index (χ3v) is 11.0. The molecule has 7 nitrogen and oxygen atoms in total. The van der Waals surface area contributed by atoms with E-state index >= 15 is 0 Å². The molecule has 3 aliphatic rings. The molecule has 0 radical (unpaired) electrons. The fourth-order valence-electron chi connectivity index (χ4n) is 6.26. The summed E-state index contributed by atoms with van der Waals surface area (Å²) in [5, 5.41) is 9.44. The van der Waals surface area contributed by atoms with Gasteiger partial charge in [-0.05, 0) is 38.8 Å². The van der Waals surface area contributed by atoms with Gasteiger partial charge in [0, 0.05) is 48.0 Å². The van der Waals surface area contributed by atoms with Gasteiger partial charge in [-0.15, -0.1) is 24.9 Å². The van der Waals surface area contributed by atoms with Gasteiger partial charge in [-0.3, -0.25) is 14.4 Å². The van der Waals surface area contributed by atoms with E-state index in [1.807, 2.05) is 44.2 Å². The fourth-order valence-corrected chi connectivity index (χ4v) is 9.86. The fraction of sp³-hybridized carbons (Fsp3) is 0.536. The van der Waals surface area contributed by atoms with Crippen molar-refractivity contribution in [3.8, 4) is 0 Å². The number of carbonyl (C=O) groups is 3. The molecule has 200 valence electrons. The number of alkyl halides is 1. The second-order valence-corrected chi connectivity index (χ2v) is 12.9. The molecule has 1 spiro atoms. The lowest BCUT2D eigenvalue weighted by Crippen LogP contribution is -2.57. The molecule has 1 aromatic carbocycles. The zero-order valence-corrected chi connectivity index (χ0v) is 23.9. The molecule has 3 amide bonds. The van der Waals surface area contributed by atoms with Gasteiger partial charge < -0.3 is 19.8 Å². The maximum atomic E-state index is 14.2. The first-order valence-electron chi connectivity index (χ1n) is 12.8. The first kappa shape index (κ1) is 27.9. The molecule has 0 aromatic heterocycles. The van der Waals surface area contributed by atoms with E-state index in [-0.39, 0.29) is 47.0 Å². The van der Waals surface area contributed by atoms with Crippen molar-refractivity contribution in [1.29, 1.82) is 0 Å². The molecule has 4 rings (SSSR count). The number of thioether (sulfide) groups is 1. The van der Waals surface area contributed by atoms with Crippen LogP contribution in [0.2, 0.25) is 0 Å². The minimum Gasteiger partial charge on any atom is -0.396 e. The van der Waals surface area contributed by atoms with Gasteiger partial charge in [-0.25, -0.2) is 0 Å². The topological polar surface area (TPSA) is 81.2 Å². The van der Waals surface area contributed by atoms with Gasteiger partial charge in [0.25, 0.3) is 0 Å². The minimum atomic E-state index is -0.715. The van der Waals surface area contributed by atoms with E-state index in [2.05, 4.69) is 29.1 Å². The van der Waals surface area contributed by atoms with E-state index < -0.39 is 22.6 Å². The SMILES string of the molecule is C=CCN(C(=O)[C@H]1[C@H]2C(=O)N(CCCO)C(C(=O)N(CC=C)C(C)C)C23CC(Br)[C@@H]1S3)c1ccccc1. The number of halogens is 1. The number of aliphatic hydroxyl groups is 1. The number of likely N-dealkylation sites (tertiary alicyclic amines) is 1. The third kappa shape index (κ3) is 4.68. The molecule has 1 N–H and O–H groups in total. The Balaban J connectivity index is 1.78. The number of anilines is 1. The Morgan fingerprint density at radius 1 is 1.22 bits per heavy atom. The van der Waals surface area contributed by atoms with E-state index in [1.54, 1.807) is 38.6 Å². The number of para-hydroxylation sites is 1.